The summed E-state index contributed by atoms with van der Waals surface area (Å²) in [6, 6.07) is 7.86. The lowest BCUT2D eigenvalue weighted by Crippen LogP contribution is -2.31. The van der Waals surface area contributed by atoms with Crippen molar-refractivity contribution >= 4 is 34.1 Å². The monoisotopic (exact) mass is 414 g/mol. The maximum atomic E-state index is 12.8. The minimum Gasteiger partial charge on any atom is -0.452 e. The van der Waals surface area contributed by atoms with Crippen molar-refractivity contribution in [2.75, 3.05) is 19.0 Å². The molecule has 1 aliphatic carbocycles. The number of anilines is 1. The molecular weight excluding hydrogens is 388 g/mol. The molecule has 2 aromatic rings. The van der Waals surface area contributed by atoms with Crippen LogP contribution in [-0.4, -0.2) is 36.3 Å². The van der Waals surface area contributed by atoms with E-state index in [-0.39, 0.29) is 18.4 Å². The lowest BCUT2D eigenvalue weighted by atomic mass is 9.95. The van der Waals surface area contributed by atoms with Gasteiger partial charge in [-0.3, -0.25) is 9.59 Å². The molecule has 0 aliphatic heterocycles. The summed E-state index contributed by atoms with van der Waals surface area (Å²) in [6.45, 7) is 3.54. The Hall–Kier alpha value is -2.67. The van der Waals surface area contributed by atoms with Crippen LogP contribution >= 0.6 is 11.3 Å². The summed E-state index contributed by atoms with van der Waals surface area (Å²) in [5.41, 5.74) is 3.52. The zero-order valence-electron chi connectivity index (χ0n) is 17.0. The van der Waals surface area contributed by atoms with Gasteiger partial charge in [-0.15, -0.1) is 11.3 Å². The Morgan fingerprint density at radius 1 is 1.17 bits per heavy atom. The van der Waals surface area contributed by atoms with Gasteiger partial charge in [0.1, 0.15) is 5.00 Å². The quantitative estimate of drug-likeness (QED) is 0.731. The summed E-state index contributed by atoms with van der Waals surface area (Å²) in [5.74, 6) is -1.05. The van der Waals surface area contributed by atoms with E-state index in [1.807, 2.05) is 31.2 Å². The van der Waals surface area contributed by atoms with Crippen LogP contribution < -0.4 is 5.32 Å². The van der Waals surface area contributed by atoms with E-state index in [2.05, 4.69) is 5.32 Å². The average molecular weight is 415 g/mol. The lowest BCUT2D eigenvalue weighted by molar-refractivity contribution is -0.133. The molecule has 1 N–H and O–H groups in total. The van der Waals surface area contributed by atoms with Gasteiger partial charge >= 0.3 is 5.97 Å². The first-order chi connectivity index (χ1) is 13.9. The molecule has 2 amide bonds. The second-order valence-electron chi connectivity index (χ2n) is 7.35. The third-order valence-electron chi connectivity index (χ3n) is 5.09. The number of carbonyl (C=O) groups excluding carboxylic acids is 3. The van der Waals surface area contributed by atoms with Crippen LogP contribution in [0.25, 0.3) is 0 Å². The number of nitrogens with one attached hydrogen (secondary N) is 1. The molecule has 1 aliphatic rings. The number of esters is 1. The van der Waals surface area contributed by atoms with Crippen LogP contribution in [-0.2, 0) is 33.7 Å². The number of rotatable bonds is 6. The molecule has 0 saturated heterocycles. The van der Waals surface area contributed by atoms with E-state index in [4.69, 9.17) is 4.74 Å². The second kappa shape index (κ2) is 9.22. The number of hydrogen-bond acceptors (Lipinski definition) is 5. The number of amides is 2. The van der Waals surface area contributed by atoms with Gasteiger partial charge in [0.05, 0.1) is 5.56 Å². The van der Waals surface area contributed by atoms with Crippen molar-refractivity contribution in [3.63, 3.8) is 0 Å². The first-order valence-corrected chi connectivity index (χ1v) is 10.6. The summed E-state index contributed by atoms with van der Waals surface area (Å²) in [5, 5.41) is 3.27. The summed E-state index contributed by atoms with van der Waals surface area (Å²) in [6.07, 6.45) is 3.76. The molecular formula is C22H26N2O4S. The molecule has 1 heterocycles. The number of carbonyl (C=O) groups is 3. The first kappa shape index (κ1) is 21.0. The van der Waals surface area contributed by atoms with Crippen LogP contribution in [0.15, 0.2) is 24.3 Å². The zero-order valence-corrected chi connectivity index (χ0v) is 17.9. The predicted molar refractivity (Wildman–Crippen MR) is 113 cm³/mol. The van der Waals surface area contributed by atoms with Crippen molar-refractivity contribution in [1.82, 2.24) is 4.90 Å². The third kappa shape index (κ3) is 5.03. The second-order valence-corrected chi connectivity index (χ2v) is 8.45. The maximum Gasteiger partial charge on any atom is 0.341 e. The number of nitrogens with zero attached hydrogens (tertiary/aromatic N) is 1. The maximum absolute atomic E-state index is 12.8. The average Bonchev–Trinajstić information content (AvgIpc) is 3.04. The van der Waals surface area contributed by atoms with Crippen molar-refractivity contribution in [2.45, 2.75) is 46.1 Å². The van der Waals surface area contributed by atoms with E-state index in [9.17, 15) is 14.4 Å². The van der Waals surface area contributed by atoms with Crippen molar-refractivity contribution in [2.24, 2.45) is 0 Å². The van der Waals surface area contributed by atoms with Crippen LogP contribution in [0.1, 0.15) is 51.7 Å². The van der Waals surface area contributed by atoms with Crippen LogP contribution in [0.5, 0.6) is 0 Å². The van der Waals surface area contributed by atoms with Gasteiger partial charge in [0.2, 0.25) is 5.91 Å². The molecule has 154 valence electrons. The number of likely N-dealkylation sites (N-methyl/N-ethyl adjacent to an activating group) is 1. The first-order valence-electron chi connectivity index (χ1n) is 9.74. The van der Waals surface area contributed by atoms with Crippen molar-refractivity contribution < 1.29 is 19.1 Å². The van der Waals surface area contributed by atoms with E-state index in [0.717, 1.165) is 47.3 Å². The van der Waals surface area contributed by atoms with Crippen LogP contribution in [0, 0.1) is 6.92 Å². The summed E-state index contributed by atoms with van der Waals surface area (Å²) >= 11 is 1.43. The SMILES string of the molecule is CC(=O)Nc1sc2c(c1C(=O)OCC(=O)N(C)Cc1ccccc1C)CCCC2. The molecule has 6 nitrogen and oxygen atoms in total. The molecule has 0 bridgehead atoms. The van der Waals surface area contributed by atoms with Crippen molar-refractivity contribution in [3.05, 3.63) is 51.4 Å². The Bertz CT molecular complexity index is 935. The number of hydrogen-bond donors (Lipinski definition) is 1. The topological polar surface area (TPSA) is 75.7 Å². The molecule has 1 aromatic heterocycles. The number of thiophene rings is 1. The number of fused-ring (bicyclic) bond motifs is 1. The van der Waals surface area contributed by atoms with Gasteiger partial charge in [-0.1, -0.05) is 24.3 Å². The van der Waals surface area contributed by atoms with Crippen LogP contribution in [0.4, 0.5) is 5.00 Å². The molecule has 1 aromatic carbocycles. The Labute approximate surface area is 174 Å². The highest BCUT2D eigenvalue weighted by Crippen LogP contribution is 2.38. The van der Waals surface area contributed by atoms with Crippen molar-refractivity contribution in [3.8, 4) is 0 Å². The number of benzene rings is 1. The van der Waals surface area contributed by atoms with Crippen LogP contribution in [0.3, 0.4) is 0 Å². The Balaban J connectivity index is 1.67. The highest BCUT2D eigenvalue weighted by Gasteiger charge is 2.27. The largest absolute Gasteiger partial charge is 0.452 e. The molecule has 0 saturated carbocycles. The van der Waals surface area contributed by atoms with Gasteiger partial charge in [-0.2, -0.15) is 0 Å². The zero-order chi connectivity index (χ0) is 21.0. The molecule has 29 heavy (non-hydrogen) atoms. The van der Waals surface area contributed by atoms with Gasteiger partial charge < -0.3 is 15.0 Å². The highest BCUT2D eigenvalue weighted by atomic mass is 32.1. The molecule has 3 rings (SSSR count). The third-order valence-corrected chi connectivity index (χ3v) is 6.29. The van der Waals surface area contributed by atoms with E-state index in [1.165, 1.54) is 18.3 Å². The van der Waals surface area contributed by atoms with Gasteiger partial charge in [-0.25, -0.2) is 4.79 Å². The Morgan fingerprint density at radius 2 is 1.90 bits per heavy atom. The number of aryl methyl sites for hydroxylation is 2. The molecule has 0 fully saturated rings. The fourth-order valence-corrected chi connectivity index (χ4v) is 4.79. The van der Waals surface area contributed by atoms with Gasteiger partial charge in [0.25, 0.3) is 5.91 Å². The lowest BCUT2D eigenvalue weighted by Gasteiger charge is -2.19. The molecule has 7 heteroatoms. The fourth-order valence-electron chi connectivity index (χ4n) is 3.47. The standard InChI is InChI=1S/C22H26N2O4S/c1-14-8-4-5-9-16(14)12-24(3)19(26)13-28-22(27)20-17-10-6-7-11-18(17)29-21(20)23-15(2)25/h4-5,8-9H,6-7,10-13H2,1-3H3,(H,23,25). The van der Waals surface area contributed by atoms with E-state index >= 15 is 0 Å². The summed E-state index contributed by atoms with van der Waals surface area (Å²) in [4.78, 5) is 39.5. The predicted octanol–water partition coefficient (Wildman–Crippen LogP) is 3.71. The van der Waals surface area contributed by atoms with Crippen LogP contribution in [0.2, 0.25) is 0 Å². The molecule has 0 unspecified atom stereocenters. The van der Waals surface area contributed by atoms with Gasteiger partial charge in [0, 0.05) is 25.4 Å². The molecule has 0 atom stereocenters. The Kier molecular flexibility index (Phi) is 6.69. The number of ether oxygens (including phenoxy) is 1. The minimum absolute atomic E-state index is 0.230. The van der Waals surface area contributed by atoms with Crippen molar-refractivity contribution in [1.29, 1.82) is 0 Å². The normalized spacial score (nSPS) is 12.8. The fraction of sp³-hybridized carbons (Fsp3) is 0.409. The smallest absolute Gasteiger partial charge is 0.341 e. The van der Waals surface area contributed by atoms with Gasteiger partial charge in [-0.05, 0) is 49.3 Å². The molecule has 0 spiro atoms. The summed E-state index contributed by atoms with van der Waals surface area (Å²) in [7, 11) is 1.69. The van der Waals surface area contributed by atoms with E-state index in [1.54, 1.807) is 11.9 Å². The highest BCUT2D eigenvalue weighted by molar-refractivity contribution is 7.17. The Morgan fingerprint density at radius 3 is 2.62 bits per heavy atom. The van der Waals surface area contributed by atoms with Gasteiger partial charge in [0.15, 0.2) is 6.61 Å². The minimum atomic E-state index is -0.550. The molecule has 0 radical (unpaired) electrons. The van der Waals surface area contributed by atoms with E-state index in [0.29, 0.717) is 17.1 Å². The summed E-state index contributed by atoms with van der Waals surface area (Å²) < 4.78 is 5.35. The van der Waals surface area contributed by atoms with E-state index < -0.39 is 5.97 Å².